The molecule has 0 aliphatic carbocycles. The Balaban J connectivity index is 2.62. The van der Waals surface area contributed by atoms with Crippen LogP contribution < -0.4 is 5.32 Å². The molecule has 1 aromatic rings. The monoisotopic (exact) mass is 313 g/mol. The molecule has 0 saturated carbocycles. The van der Waals surface area contributed by atoms with Gasteiger partial charge in [0, 0.05) is 19.5 Å². The Kier molecular flexibility index (Phi) is 6.29. The lowest BCUT2D eigenvalue weighted by atomic mass is 10.1. The maximum atomic E-state index is 12.1. The number of nitrogens with zero attached hydrogens (tertiary/aromatic N) is 2. The third kappa shape index (κ3) is 5.30. The van der Waals surface area contributed by atoms with E-state index in [1.165, 1.54) is 0 Å². The first kappa shape index (κ1) is 17.3. The van der Waals surface area contributed by atoms with Gasteiger partial charge in [-0.25, -0.2) is 0 Å². The van der Waals surface area contributed by atoms with Gasteiger partial charge in [-0.2, -0.15) is 18.3 Å². The van der Waals surface area contributed by atoms with Crippen LogP contribution in [-0.2, 0) is 18.2 Å². The largest absolute Gasteiger partial charge is 0.411 e. The van der Waals surface area contributed by atoms with Gasteiger partial charge in [0.25, 0.3) is 0 Å². The zero-order chi connectivity index (χ0) is 15.3. The molecule has 0 amide bonds. The molecule has 20 heavy (non-hydrogen) atoms. The van der Waals surface area contributed by atoms with Gasteiger partial charge < -0.3 is 10.1 Å². The van der Waals surface area contributed by atoms with Gasteiger partial charge in [-0.15, -0.1) is 0 Å². The van der Waals surface area contributed by atoms with Gasteiger partial charge in [-0.1, -0.05) is 18.5 Å². The summed E-state index contributed by atoms with van der Waals surface area (Å²) in [5, 5.41) is 7.82. The topological polar surface area (TPSA) is 39.1 Å². The van der Waals surface area contributed by atoms with Crippen molar-refractivity contribution in [1.29, 1.82) is 0 Å². The van der Waals surface area contributed by atoms with E-state index in [1.807, 2.05) is 6.92 Å². The van der Waals surface area contributed by atoms with Crippen LogP contribution >= 0.6 is 11.6 Å². The number of nitrogens with one attached hydrogen (secondary N) is 1. The van der Waals surface area contributed by atoms with E-state index in [2.05, 4.69) is 10.4 Å². The number of rotatable bonds is 7. The summed E-state index contributed by atoms with van der Waals surface area (Å²) in [6.45, 7) is 3.02. The fourth-order valence-electron chi connectivity index (χ4n) is 1.93. The molecule has 1 N–H and O–H groups in total. The van der Waals surface area contributed by atoms with Gasteiger partial charge >= 0.3 is 6.18 Å². The summed E-state index contributed by atoms with van der Waals surface area (Å²) in [5.41, 5.74) is 1.49. The summed E-state index contributed by atoms with van der Waals surface area (Å²) < 4.78 is 42.6. The molecule has 0 fully saturated rings. The van der Waals surface area contributed by atoms with Gasteiger partial charge in [0.2, 0.25) is 0 Å². The van der Waals surface area contributed by atoms with Gasteiger partial charge in [0.15, 0.2) is 0 Å². The number of hydrogen-bond donors (Lipinski definition) is 1. The van der Waals surface area contributed by atoms with Crippen molar-refractivity contribution in [3.05, 3.63) is 16.4 Å². The van der Waals surface area contributed by atoms with E-state index in [1.54, 1.807) is 18.7 Å². The van der Waals surface area contributed by atoms with Crippen molar-refractivity contribution in [2.75, 3.05) is 19.8 Å². The first-order valence-corrected chi connectivity index (χ1v) is 6.68. The molecule has 1 heterocycles. The molecular weight excluding hydrogens is 295 g/mol. The second-order valence-corrected chi connectivity index (χ2v) is 4.94. The maximum absolute atomic E-state index is 12.1. The van der Waals surface area contributed by atoms with E-state index in [4.69, 9.17) is 16.3 Å². The molecule has 0 saturated heterocycles. The summed E-state index contributed by atoms with van der Waals surface area (Å²) in [7, 11) is 1.76. The summed E-state index contributed by atoms with van der Waals surface area (Å²) in [4.78, 5) is 0. The summed E-state index contributed by atoms with van der Waals surface area (Å²) in [5.74, 6) is 0. The van der Waals surface area contributed by atoms with E-state index in [9.17, 15) is 13.2 Å². The second kappa shape index (κ2) is 7.28. The average molecular weight is 314 g/mol. The molecule has 1 aromatic heterocycles. The zero-order valence-corrected chi connectivity index (χ0v) is 12.5. The molecule has 1 atom stereocenters. The lowest BCUT2D eigenvalue weighted by Crippen LogP contribution is -2.37. The molecular formula is C12H19ClF3N3O. The Bertz CT molecular complexity index is 434. The minimum Gasteiger partial charge on any atom is -0.370 e. The van der Waals surface area contributed by atoms with Crippen molar-refractivity contribution in [1.82, 2.24) is 15.1 Å². The van der Waals surface area contributed by atoms with Crippen LogP contribution in [0.3, 0.4) is 0 Å². The van der Waals surface area contributed by atoms with Crippen molar-refractivity contribution in [2.45, 2.75) is 32.5 Å². The summed E-state index contributed by atoms with van der Waals surface area (Å²) in [6, 6.07) is -0.241. The van der Waals surface area contributed by atoms with Crippen LogP contribution in [0.4, 0.5) is 13.2 Å². The average Bonchev–Trinajstić information content (AvgIpc) is 2.54. The van der Waals surface area contributed by atoms with Gasteiger partial charge in [0.05, 0.1) is 23.0 Å². The molecule has 0 radical (unpaired) electrons. The summed E-state index contributed by atoms with van der Waals surface area (Å²) >= 11 is 6.13. The molecule has 4 nitrogen and oxygen atoms in total. The Morgan fingerprint density at radius 2 is 2.10 bits per heavy atom. The van der Waals surface area contributed by atoms with E-state index in [-0.39, 0.29) is 12.6 Å². The number of aromatic nitrogens is 2. The number of halogens is 4. The van der Waals surface area contributed by atoms with Gasteiger partial charge in [-0.05, 0) is 13.5 Å². The van der Waals surface area contributed by atoms with Crippen LogP contribution in [0.1, 0.15) is 18.3 Å². The third-order valence-corrected chi connectivity index (χ3v) is 3.27. The van der Waals surface area contributed by atoms with E-state index < -0.39 is 12.8 Å². The second-order valence-electron chi connectivity index (χ2n) is 4.56. The van der Waals surface area contributed by atoms with E-state index in [0.29, 0.717) is 23.7 Å². The molecule has 0 aliphatic rings. The SMILES string of the molecule is CCNC(COCC(F)(F)F)Cc1c(Cl)c(C)nn1C. The Labute approximate surface area is 121 Å². The lowest BCUT2D eigenvalue weighted by Gasteiger charge is -2.19. The fraction of sp³-hybridized carbons (Fsp3) is 0.750. The highest BCUT2D eigenvalue weighted by molar-refractivity contribution is 6.31. The van der Waals surface area contributed by atoms with Crippen LogP contribution in [0.5, 0.6) is 0 Å². The minimum atomic E-state index is -4.31. The van der Waals surface area contributed by atoms with Crippen molar-refractivity contribution in [3.63, 3.8) is 0 Å². The minimum absolute atomic E-state index is 0.0338. The first-order chi connectivity index (χ1) is 9.24. The Morgan fingerprint density at radius 3 is 2.55 bits per heavy atom. The van der Waals surface area contributed by atoms with Crippen LogP contribution in [0.15, 0.2) is 0 Å². The molecule has 116 valence electrons. The highest BCUT2D eigenvalue weighted by Crippen LogP contribution is 2.21. The van der Waals surface area contributed by atoms with E-state index in [0.717, 1.165) is 5.69 Å². The van der Waals surface area contributed by atoms with Gasteiger partial charge in [-0.3, -0.25) is 4.68 Å². The quantitative estimate of drug-likeness (QED) is 0.840. The fourth-order valence-corrected chi connectivity index (χ4v) is 2.17. The number of ether oxygens (including phenoxy) is 1. The van der Waals surface area contributed by atoms with Crippen molar-refractivity contribution < 1.29 is 17.9 Å². The predicted octanol–water partition coefficient (Wildman–Crippen LogP) is 2.48. The van der Waals surface area contributed by atoms with E-state index >= 15 is 0 Å². The predicted molar refractivity (Wildman–Crippen MR) is 71.0 cm³/mol. The van der Waals surface area contributed by atoms with Crippen molar-refractivity contribution >= 4 is 11.6 Å². The molecule has 1 unspecified atom stereocenters. The van der Waals surface area contributed by atoms with Crippen LogP contribution in [0, 0.1) is 6.92 Å². The third-order valence-electron chi connectivity index (χ3n) is 2.78. The number of hydrogen-bond acceptors (Lipinski definition) is 3. The highest BCUT2D eigenvalue weighted by atomic mass is 35.5. The van der Waals surface area contributed by atoms with Gasteiger partial charge in [0.1, 0.15) is 6.61 Å². The Morgan fingerprint density at radius 1 is 1.45 bits per heavy atom. The molecule has 0 bridgehead atoms. The zero-order valence-electron chi connectivity index (χ0n) is 11.7. The molecule has 0 aromatic carbocycles. The maximum Gasteiger partial charge on any atom is 0.411 e. The molecule has 0 spiro atoms. The van der Waals surface area contributed by atoms with Crippen molar-refractivity contribution in [3.8, 4) is 0 Å². The number of alkyl halides is 3. The summed E-state index contributed by atoms with van der Waals surface area (Å²) in [6.07, 6.45) is -3.85. The number of aryl methyl sites for hydroxylation is 2. The van der Waals surface area contributed by atoms with Crippen molar-refractivity contribution in [2.24, 2.45) is 7.05 Å². The smallest absolute Gasteiger partial charge is 0.370 e. The molecule has 8 heteroatoms. The molecule has 0 aliphatic heterocycles. The van der Waals surface area contributed by atoms with Crippen LogP contribution in [-0.4, -0.2) is 41.8 Å². The van der Waals surface area contributed by atoms with Crippen LogP contribution in [0.25, 0.3) is 0 Å². The standard InChI is InChI=1S/C12H19ClF3N3O/c1-4-17-9(6-20-7-12(14,15)16)5-10-11(13)8(2)18-19(10)3/h9,17H,4-7H2,1-3H3. The normalized spacial score (nSPS) is 13.8. The Hall–Kier alpha value is -0.790. The number of likely N-dealkylation sites (N-methyl/N-ethyl adjacent to an activating group) is 1. The van der Waals surface area contributed by atoms with Crippen LogP contribution in [0.2, 0.25) is 5.02 Å². The highest BCUT2D eigenvalue weighted by Gasteiger charge is 2.28. The lowest BCUT2D eigenvalue weighted by molar-refractivity contribution is -0.175. The first-order valence-electron chi connectivity index (χ1n) is 6.30. The molecule has 1 rings (SSSR count).